The molecular weight excluding hydrogens is 234 g/mol. The van der Waals surface area contributed by atoms with E-state index in [2.05, 4.69) is 24.9 Å². The van der Waals surface area contributed by atoms with Crippen LogP contribution in [-0.2, 0) is 0 Å². The summed E-state index contributed by atoms with van der Waals surface area (Å²) in [4.78, 5) is 28.9. The van der Waals surface area contributed by atoms with Crippen LogP contribution in [0.15, 0.2) is 23.3 Å². The van der Waals surface area contributed by atoms with Crippen LogP contribution in [0.25, 0.3) is 22.6 Å². The summed E-state index contributed by atoms with van der Waals surface area (Å²) >= 11 is 0. The number of hydrogen-bond donors (Lipinski definition) is 4. The van der Waals surface area contributed by atoms with Gasteiger partial charge in [-0.2, -0.15) is 4.98 Å². The van der Waals surface area contributed by atoms with Crippen molar-refractivity contribution in [3.63, 3.8) is 0 Å². The number of nitrogens with one attached hydrogen (secondary N) is 2. The van der Waals surface area contributed by atoms with Gasteiger partial charge in [-0.1, -0.05) is 0 Å². The van der Waals surface area contributed by atoms with Gasteiger partial charge < -0.3 is 16.5 Å². The Balaban J connectivity index is 2.30. The van der Waals surface area contributed by atoms with Crippen molar-refractivity contribution in [1.82, 2.24) is 24.9 Å². The molecule has 3 rings (SSSR count). The second-order valence-corrected chi connectivity index (χ2v) is 3.70. The van der Waals surface area contributed by atoms with Gasteiger partial charge in [0.1, 0.15) is 5.82 Å². The fourth-order valence-corrected chi connectivity index (χ4v) is 1.67. The average molecular weight is 243 g/mol. The van der Waals surface area contributed by atoms with Crippen molar-refractivity contribution in [2.45, 2.75) is 0 Å². The third-order valence-electron chi connectivity index (χ3n) is 2.49. The van der Waals surface area contributed by atoms with E-state index >= 15 is 0 Å². The Hall–Kier alpha value is -2.90. The first-order valence-corrected chi connectivity index (χ1v) is 5.10. The lowest BCUT2D eigenvalue weighted by molar-refractivity contribution is 1.17. The normalized spacial score (nSPS) is 10.9. The molecule has 0 bridgehead atoms. The Kier molecular flexibility index (Phi) is 2.03. The van der Waals surface area contributed by atoms with Gasteiger partial charge in [0.25, 0.3) is 5.56 Å². The fraction of sp³-hybridized carbons (Fsp3) is 0. The van der Waals surface area contributed by atoms with Gasteiger partial charge in [-0.3, -0.25) is 14.8 Å². The smallest absolute Gasteiger partial charge is 0.278 e. The molecule has 3 aromatic rings. The minimum absolute atomic E-state index is 0.0215. The molecule has 0 aromatic carbocycles. The highest BCUT2D eigenvalue weighted by Gasteiger charge is 2.11. The van der Waals surface area contributed by atoms with Crippen LogP contribution < -0.4 is 17.0 Å². The van der Waals surface area contributed by atoms with Crippen molar-refractivity contribution in [3.05, 3.63) is 28.8 Å². The van der Waals surface area contributed by atoms with E-state index in [9.17, 15) is 4.79 Å². The second kappa shape index (κ2) is 3.55. The molecule has 18 heavy (non-hydrogen) atoms. The number of aromatic nitrogens is 5. The minimum Gasteiger partial charge on any atom is -0.397 e. The van der Waals surface area contributed by atoms with Crippen molar-refractivity contribution in [1.29, 1.82) is 0 Å². The number of pyridine rings is 1. The van der Waals surface area contributed by atoms with E-state index in [1.54, 1.807) is 12.3 Å². The van der Waals surface area contributed by atoms with Gasteiger partial charge in [0.05, 0.1) is 11.9 Å². The molecule has 0 aliphatic heterocycles. The zero-order valence-electron chi connectivity index (χ0n) is 9.14. The number of H-pyrrole nitrogens is 2. The van der Waals surface area contributed by atoms with E-state index in [0.717, 1.165) is 0 Å². The predicted octanol–water partition coefficient (Wildman–Crippen LogP) is -0.127. The fourth-order valence-electron chi connectivity index (χ4n) is 1.67. The van der Waals surface area contributed by atoms with Crippen LogP contribution in [0, 0.1) is 0 Å². The Morgan fingerprint density at radius 2 is 2.00 bits per heavy atom. The first-order chi connectivity index (χ1) is 8.65. The molecule has 3 aromatic heterocycles. The largest absolute Gasteiger partial charge is 0.397 e. The van der Waals surface area contributed by atoms with Gasteiger partial charge in [-0.05, 0) is 6.07 Å². The molecule has 0 aliphatic rings. The number of rotatable bonds is 1. The monoisotopic (exact) mass is 243 g/mol. The number of anilines is 2. The van der Waals surface area contributed by atoms with E-state index in [1.165, 1.54) is 6.20 Å². The Morgan fingerprint density at radius 3 is 2.78 bits per heavy atom. The van der Waals surface area contributed by atoms with Gasteiger partial charge in [0.2, 0.25) is 5.95 Å². The SMILES string of the molecule is Nc1nc2nc(-c3ccncc3N)[nH]c2c(=O)[nH]1. The molecule has 0 radical (unpaired) electrons. The third kappa shape index (κ3) is 1.47. The lowest BCUT2D eigenvalue weighted by atomic mass is 10.2. The Morgan fingerprint density at radius 1 is 1.17 bits per heavy atom. The van der Waals surface area contributed by atoms with Crippen LogP contribution in [0.2, 0.25) is 0 Å². The lowest BCUT2D eigenvalue weighted by Crippen LogP contribution is -2.10. The second-order valence-electron chi connectivity index (χ2n) is 3.70. The molecule has 90 valence electrons. The standard InChI is InChI=1S/C10H9N7O/c11-5-3-13-2-1-4(5)7-14-6-8(15-7)16-10(12)17-9(6)18/h1-3H,11H2,(H4,12,14,15,16,17,18). The summed E-state index contributed by atoms with van der Waals surface area (Å²) < 4.78 is 0. The molecule has 8 nitrogen and oxygen atoms in total. The molecule has 6 N–H and O–H groups in total. The van der Waals surface area contributed by atoms with E-state index in [0.29, 0.717) is 17.1 Å². The van der Waals surface area contributed by atoms with Crippen LogP contribution in [0.5, 0.6) is 0 Å². The first kappa shape index (κ1) is 10.3. The summed E-state index contributed by atoms with van der Waals surface area (Å²) in [6.45, 7) is 0. The van der Waals surface area contributed by atoms with Gasteiger partial charge in [-0.25, -0.2) is 4.98 Å². The lowest BCUT2D eigenvalue weighted by Gasteiger charge is -1.99. The van der Waals surface area contributed by atoms with Crippen LogP contribution in [-0.4, -0.2) is 24.9 Å². The number of nitrogens with two attached hydrogens (primary N) is 2. The summed E-state index contributed by atoms with van der Waals surface area (Å²) in [6, 6.07) is 1.70. The first-order valence-electron chi connectivity index (χ1n) is 5.10. The molecule has 0 amide bonds. The van der Waals surface area contributed by atoms with Gasteiger partial charge in [-0.15, -0.1) is 0 Å². The molecule has 0 spiro atoms. The highest BCUT2D eigenvalue weighted by atomic mass is 16.1. The number of aromatic amines is 2. The molecule has 8 heteroatoms. The summed E-state index contributed by atoms with van der Waals surface area (Å²) in [7, 11) is 0. The zero-order valence-corrected chi connectivity index (χ0v) is 9.14. The summed E-state index contributed by atoms with van der Waals surface area (Å²) in [6.07, 6.45) is 3.10. The maximum Gasteiger partial charge on any atom is 0.278 e. The van der Waals surface area contributed by atoms with Crippen LogP contribution in [0.4, 0.5) is 11.6 Å². The molecule has 0 fully saturated rings. The van der Waals surface area contributed by atoms with E-state index < -0.39 is 0 Å². The van der Waals surface area contributed by atoms with E-state index in [-0.39, 0.29) is 22.7 Å². The maximum absolute atomic E-state index is 11.6. The minimum atomic E-state index is -0.371. The number of hydrogen-bond acceptors (Lipinski definition) is 6. The van der Waals surface area contributed by atoms with Crippen molar-refractivity contribution in [2.24, 2.45) is 0 Å². The zero-order chi connectivity index (χ0) is 12.7. The number of fused-ring (bicyclic) bond motifs is 1. The molecule has 0 unspecified atom stereocenters. The van der Waals surface area contributed by atoms with E-state index in [4.69, 9.17) is 11.5 Å². The third-order valence-corrected chi connectivity index (χ3v) is 2.49. The molecule has 0 aliphatic carbocycles. The van der Waals surface area contributed by atoms with Crippen LogP contribution >= 0.6 is 0 Å². The van der Waals surface area contributed by atoms with Crippen molar-refractivity contribution in [3.8, 4) is 11.4 Å². The number of imidazole rings is 1. The Labute approximate surface area is 100 Å². The molecule has 0 atom stereocenters. The topological polar surface area (TPSA) is 139 Å². The van der Waals surface area contributed by atoms with Crippen LogP contribution in [0.1, 0.15) is 0 Å². The van der Waals surface area contributed by atoms with Crippen LogP contribution in [0.3, 0.4) is 0 Å². The highest BCUT2D eigenvalue weighted by Crippen LogP contribution is 2.22. The van der Waals surface area contributed by atoms with Gasteiger partial charge >= 0.3 is 0 Å². The summed E-state index contributed by atoms with van der Waals surface area (Å²) in [5.74, 6) is 0.474. The maximum atomic E-state index is 11.6. The number of nitrogens with zero attached hydrogens (tertiary/aromatic N) is 3. The van der Waals surface area contributed by atoms with Crippen molar-refractivity contribution < 1.29 is 0 Å². The summed E-state index contributed by atoms with van der Waals surface area (Å²) in [5, 5.41) is 0. The molecular formula is C10H9N7O. The number of nitrogen functional groups attached to an aromatic ring is 2. The van der Waals surface area contributed by atoms with E-state index in [1.807, 2.05) is 0 Å². The average Bonchev–Trinajstić information content (AvgIpc) is 2.73. The Bertz CT molecular complexity index is 788. The van der Waals surface area contributed by atoms with Gasteiger partial charge in [0, 0.05) is 11.8 Å². The molecule has 0 saturated heterocycles. The highest BCUT2D eigenvalue weighted by molar-refractivity contribution is 5.79. The predicted molar refractivity (Wildman–Crippen MR) is 66.6 cm³/mol. The quantitative estimate of drug-likeness (QED) is 0.469. The summed E-state index contributed by atoms with van der Waals surface area (Å²) in [5.41, 5.74) is 12.5. The van der Waals surface area contributed by atoms with Gasteiger partial charge in [0.15, 0.2) is 11.2 Å². The molecule has 0 saturated carbocycles. The molecule has 3 heterocycles. The van der Waals surface area contributed by atoms with Crippen molar-refractivity contribution in [2.75, 3.05) is 11.5 Å². The van der Waals surface area contributed by atoms with Crippen molar-refractivity contribution >= 4 is 22.8 Å².